The van der Waals surface area contributed by atoms with Crippen molar-refractivity contribution in [3.8, 4) is 5.75 Å². The van der Waals surface area contributed by atoms with Gasteiger partial charge < -0.3 is 10.1 Å². The van der Waals surface area contributed by atoms with Crippen LogP contribution >= 0.6 is 0 Å². The van der Waals surface area contributed by atoms with Gasteiger partial charge >= 0.3 is 0 Å². The summed E-state index contributed by atoms with van der Waals surface area (Å²) < 4.78 is 5.28. The summed E-state index contributed by atoms with van der Waals surface area (Å²) in [6.07, 6.45) is 2.49. The second kappa shape index (κ2) is 9.68. The molecule has 1 fully saturated rings. The number of hydrogen-bond donors (Lipinski definition) is 1. The van der Waals surface area contributed by atoms with Crippen LogP contribution in [-0.4, -0.2) is 41.6 Å². The number of nitrogens with zero attached hydrogens (tertiary/aromatic N) is 3. The van der Waals surface area contributed by atoms with Crippen molar-refractivity contribution in [1.29, 1.82) is 0 Å². The maximum atomic E-state index is 13.1. The lowest BCUT2D eigenvalue weighted by Gasteiger charge is -2.16. The van der Waals surface area contributed by atoms with Crippen LogP contribution in [0.2, 0.25) is 0 Å². The van der Waals surface area contributed by atoms with Crippen molar-refractivity contribution in [2.24, 2.45) is 4.99 Å². The molecule has 5 rings (SSSR count). The summed E-state index contributed by atoms with van der Waals surface area (Å²) in [7, 11) is 1.59. The Hall–Kier alpha value is -4.04. The predicted molar refractivity (Wildman–Crippen MR) is 135 cm³/mol. The first-order valence-electron chi connectivity index (χ1n) is 11.7. The van der Waals surface area contributed by atoms with Crippen LogP contribution in [0.15, 0.2) is 71.7 Å². The number of carbonyl (C=O) groups excluding carboxylic acids is 1. The molecule has 178 valence electrons. The van der Waals surface area contributed by atoms with Crippen molar-refractivity contribution in [1.82, 2.24) is 4.90 Å². The number of hydrogen-bond acceptors (Lipinski definition) is 6. The number of carbonyl (C=O) groups is 1. The van der Waals surface area contributed by atoms with E-state index in [-0.39, 0.29) is 11.6 Å². The average molecular weight is 471 g/mol. The van der Waals surface area contributed by atoms with Crippen LogP contribution in [0, 0.1) is 10.1 Å². The quantitative estimate of drug-likeness (QED) is 0.296. The van der Waals surface area contributed by atoms with Crippen LogP contribution in [0.25, 0.3) is 0 Å². The molecule has 35 heavy (non-hydrogen) atoms. The molecule has 1 N–H and O–H groups in total. The summed E-state index contributed by atoms with van der Waals surface area (Å²) in [5.74, 6) is -0.352. The van der Waals surface area contributed by atoms with Gasteiger partial charge in [-0.15, -0.1) is 0 Å². The molecule has 0 spiro atoms. The standard InChI is InChI=1S/C27H26N4O4/c1-35-22-11-6-19(7-12-22)26(25-23-16-21(31(33)34)10-13-24(23)29-27(25)32)28-20-8-4-18(5-9-20)17-30-14-2-3-15-30/h4-13,16,25H,2-3,14-15,17H2,1H3,(H,29,32). The summed E-state index contributed by atoms with van der Waals surface area (Å²) in [6.45, 7) is 3.17. The van der Waals surface area contributed by atoms with Crippen molar-refractivity contribution < 1.29 is 14.5 Å². The van der Waals surface area contributed by atoms with Crippen LogP contribution in [0.4, 0.5) is 17.1 Å². The Morgan fingerprint density at radius 3 is 2.46 bits per heavy atom. The number of methoxy groups -OCH3 is 1. The fourth-order valence-electron chi connectivity index (χ4n) is 4.71. The molecule has 2 aliphatic rings. The third-order valence-corrected chi connectivity index (χ3v) is 6.53. The predicted octanol–water partition coefficient (Wildman–Crippen LogP) is 5.06. The topological polar surface area (TPSA) is 97.1 Å². The maximum Gasteiger partial charge on any atom is 0.269 e. The van der Waals surface area contributed by atoms with E-state index < -0.39 is 10.8 Å². The Morgan fingerprint density at radius 1 is 1.09 bits per heavy atom. The van der Waals surface area contributed by atoms with E-state index >= 15 is 0 Å². The molecule has 8 nitrogen and oxygen atoms in total. The summed E-state index contributed by atoms with van der Waals surface area (Å²) in [5.41, 5.74) is 4.25. The maximum absolute atomic E-state index is 13.1. The Balaban J connectivity index is 1.54. The Kier molecular flexibility index (Phi) is 6.29. The van der Waals surface area contributed by atoms with Crippen LogP contribution in [0.5, 0.6) is 5.75 Å². The van der Waals surface area contributed by atoms with E-state index in [2.05, 4.69) is 22.3 Å². The van der Waals surface area contributed by atoms with Gasteiger partial charge in [0.25, 0.3) is 5.69 Å². The number of amides is 1. The molecule has 2 aliphatic heterocycles. The number of fused-ring (bicyclic) bond motifs is 1. The summed E-state index contributed by atoms with van der Waals surface area (Å²) >= 11 is 0. The lowest BCUT2D eigenvalue weighted by molar-refractivity contribution is -0.384. The number of nitro groups is 1. The van der Waals surface area contributed by atoms with Gasteiger partial charge in [-0.3, -0.25) is 24.8 Å². The third-order valence-electron chi connectivity index (χ3n) is 6.53. The van der Waals surface area contributed by atoms with Gasteiger partial charge in [-0.2, -0.15) is 0 Å². The number of anilines is 1. The molecule has 1 unspecified atom stereocenters. The molecule has 3 aromatic rings. The van der Waals surface area contributed by atoms with Crippen LogP contribution in [0.3, 0.4) is 0 Å². The molecule has 1 amide bonds. The van der Waals surface area contributed by atoms with Gasteiger partial charge in [0.1, 0.15) is 11.7 Å². The lowest BCUT2D eigenvalue weighted by Crippen LogP contribution is -2.22. The molecule has 2 heterocycles. The van der Waals surface area contributed by atoms with E-state index in [9.17, 15) is 14.9 Å². The van der Waals surface area contributed by atoms with E-state index in [1.807, 2.05) is 36.4 Å². The average Bonchev–Trinajstić information content (AvgIpc) is 3.50. The van der Waals surface area contributed by atoms with Gasteiger partial charge in [0.2, 0.25) is 5.91 Å². The minimum Gasteiger partial charge on any atom is -0.497 e. The third kappa shape index (κ3) is 4.79. The zero-order valence-electron chi connectivity index (χ0n) is 19.4. The van der Waals surface area contributed by atoms with Crippen LogP contribution < -0.4 is 10.1 Å². The molecular formula is C27H26N4O4. The Labute approximate surface area is 203 Å². The second-order valence-electron chi connectivity index (χ2n) is 8.83. The number of benzene rings is 3. The van der Waals surface area contributed by atoms with Gasteiger partial charge in [0, 0.05) is 29.9 Å². The highest BCUT2D eigenvalue weighted by Crippen LogP contribution is 2.38. The Morgan fingerprint density at radius 2 is 1.80 bits per heavy atom. The zero-order valence-corrected chi connectivity index (χ0v) is 19.4. The highest BCUT2D eigenvalue weighted by molar-refractivity contribution is 6.24. The fraction of sp³-hybridized carbons (Fsp3) is 0.259. The largest absolute Gasteiger partial charge is 0.497 e. The van der Waals surface area contributed by atoms with Crippen LogP contribution in [-0.2, 0) is 11.3 Å². The molecule has 0 saturated carbocycles. The monoisotopic (exact) mass is 470 g/mol. The summed E-state index contributed by atoms with van der Waals surface area (Å²) in [6, 6.07) is 19.8. The molecule has 0 aromatic heterocycles. The SMILES string of the molecule is COc1ccc(C(=Nc2ccc(CN3CCCC3)cc2)C2C(=O)Nc3ccc([N+](=O)[O-])cc32)cc1. The number of nitro benzene ring substituents is 1. The first-order valence-corrected chi connectivity index (χ1v) is 11.7. The number of ether oxygens (including phenoxy) is 1. The van der Waals surface area contributed by atoms with Crippen molar-refractivity contribution >= 4 is 28.7 Å². The van der Waals surface area contributed by atoms with Gasteiger partial charge in [-0.05, 0) is 79.5 Å². The number of aliphatic imine (C=N–C) groups is 1. The van der Waals surface area contributed by atoms with Crippen molar-refractivity contribution in [2.45, 2.75) is 25.3 Å². The summed E-state index contributed by atoms with van der Waals surface area (Å²) in [4.78, 5) is 31.4. The van der Waals surface area contributed by atoms with E-state index in [0.29, 0.717) is 28.4 Å². The Bertz CT molecular complexity index is 1280. The molecule has 1 atom stereocenters. The number of non-ortho nitro benzene ring substituents is 1. The second-order valence-corrected chi connectivity index (χ2v) is 8.83. The van der Waals surface area contributed by atoms with E-state index in [1.165, 1.54) is 30.5 Å². The van der Waals surface area contributed by atoms with Crippen molar-refractivity contribution in [3.05, 3.63) is 93.5 Å². The minimum absolute atomic E-state index is 0.0643. The summed E-state index contributed by atoms with van der Waals surface area (Å²) in [5, 5.41) is 14.2. The highest BCUT2D eigenvalue weighted by atomic mass is 16.6. The molecule has 3 aromatic carbocycles. The van der Waals surface area contributed by atoms with Gasteiger partial charge in [-0.25, -0.2) is 0 Å². The van der Waals surface area contributed by atoms with Gasteiger partial charge in [0.05, 0.1) is 23.4 Å². The number of likely N-dealkylation sites (tertiary alicyclic amines) is 1. The molecule has 8 heteroatoms. The molecule has 0 aliphatic carbocycles. The van der Waals surface area contributed by atoms with Crippen molar-refractivity contribution in [3.63, 3.8) is 0 Å². The van der Waals surface area contributed by atoms with Gasteiger partial charge in [-0.1, -0.05) is 12.1 Å². The first kappa shape index (κ1) is 22.7. The van der Waals surface area contributed by atoms with Gasteiger partial charge in [0.15, 0.2) is 0 Å². The fourth-order valence-corrected chi connectivity index (χ4v) is 4.71. The van der Waals surface area contributed by atoms with E-state index in [0.717, 1.165) is 25.2 Å². The molecule has 0 bridgehead atoms. The first-order chi connectivity index (χ1) is 17.0. The highest BCUT2D eigenvalue weighted by Gasteiger charge is 2.36. The van der Waals surface area contributed by atoms with Crippen molar-refractivity contribution in [2.75, 3.05) is 25.5 Å². The molecule has 1 saturated heterocycles. The van der Waals surface area contributed by atoms with Crippen LogP contribution in [0.1, 0.15) is 35.4 Å². The zero-order chi connectivity index (χ0) is 24.4. The molecule has 0 radical (unpaired) electrons. The number of rotatable bonds is 7. The lowest BCUT2D eigenvalue weighted by atomic mass is 9.90. The minimum atomic E-state index is -0.775. The normalized spacial score (nSPS) is 17.8. The van der Waals surface area contributed by atoms with E-state index in [1.54, 1.807) is 13.2 Å². The smallest absolute Gasteiger partial charge is 0.269 e. The van der Waals surface area contributed by atoms with E-state index in [4.69, 9.17) is 9.73 Å². The number of nitrogens with one attached hydrogen (secondary N) is 1. The molecular weight excluding hydrogens is 444 g/mol.